The zero-order valence-electron chi connectivity index (χ0n) is 24.4. The smallest absolute Gasteiger partial charge is 0.246 e. The number of benzene rings is 4. The summed E-state index contributed by atoms with van der Waals surface area (Å²) in [5.41, 5.74) is 8.02. The highest BCUT2D eigenvalue weighted by Gasteiger charge is 2.67. The van der Waals surface area contributed by atoms with E-state index in [0.29, 0.717) is 5.69 Å². The molecule has 1 heterocycles. The maximum atomic E-state index is 15.0. The molecule has 1 atom stereocenters. The van der Waals surface area contributed by atoms with Crippen LogP contribution in [0.4, 0.5) is 5.69 Å². The Kier molecular flexibility index (Phi) is 5.77. The summed E-state index contributed by atoms with van der Waals surface area (Å²) in [6.45, 7) is 15.3. The van der Waals surface area contributed by atoms with Gasteiger partial charge in [-0.3, -0.25) is 0 Å². The summed E-state index contributed by atoms with van der Waals surface area (Å²) < 4.78 is 31.8. The van der Waals surface area contributed by atoms with E-state index < -0.39 is 15.6 Å². The summed E-state index contributed by atoms with van der Waals surface area (Å²) in [7, 11) is -4.01. The molecule has 0 bridgehead atoms. The number of nitrogens with zero attached hydrogens (tertiary/aromatic N) is 1. The van der Waals surface area contributed by atoms with E-state index in [-0.39, 0.29) is 15.7 Å². The van der Waals surface area contributed by atoms with Crippen LogP contribution in [0.2, 0.25) is 0 Å². The number of allylic oxidation sites excluding steroid dienone is 1. The van der Waals surface area contributed by atoms with Crippen molar-refractivity contribution in [2.45, 2.75) is 58.9 Å². The lowest BCUT2D eigenvalue weighted by Crippen LogP contribution is -2.48. The van der Waals surface area contributed by atoms with Crippen LogP contribution in [-0.2, 0) is 15.6 Å². The molecule has 204 valence electrons. The van der Waals surface area contributed by atoms with Crippen molar-refractivity contribution in [2.75, 3.05) is 4.31 Å². The van der Waals surface area contributed by atoms with E-state index in [1.54, 1.807) is 16.4 Å². The van der Waals surface area contributed by atoms with Gasteiger partial charge in [-0.1, -0.05) is 118 Å². The number of hydrogen-bond acceptors (Lipinski definition) is 2. The Morgan fingerprint density at radius 3 is 1.82 bits per heavy atom. The Labute approximate surface area is 239 Å². The molecule has 6 rings (SSSR count). The average molecular weight is 548 g/mol. The molecular formula is C36H37NO2S. The number of anilines is 1. The molecule has 40 heavy (non-hydrogen) atoms. The van der Waals surface area contributed by atoms with E-state index in [0.717, 1.165) is 33.4 Å². The number of fused-ring (bicyclic) bond motifs is 1. The van der Waals surface area contributed by atoms with Crippen molar-refractivity contribution in [3.8, 4) is 0 Å². The minimum atomic E-state index is -4.01. The van der Waals surface area contributed by atoms with E-state index >= 15 is 8.42 Å². The van der Waals surface area contributed by atoms with Crippen LogP contribution < -0.4 is 4.31 Å². The maximum absolute atomic E-state index is 15.0. The SMILES string of the molecule is Cc1ccc(S(=O)(=O)N2c3ccccc3C(=C3C(C)(C)C3(C)C)C2(c2ccccc2)c2ccc(C)c(C)c2)cc1. The van der Waals surface area contributed by atoms with Crippen LogP contribution in [-0.4, -0.2) is 8.42 Å². The molecule has 1 saturated carbocycles. The van der Waals surface area contributed by atoms with Crippen LogP contribution >= 0.6 is 0 Å². The van der Waals surface area contributed by atoms with Gasteiger partial charge in [0.25, 0.3) is 10.0 Å². The lowest BCUT2D eigenvalue weighted by atomic mass is 9.75. The fourth-order valence-corrected chi connectivity index (χ4v) is 8.54. The first-order valence-electron chi connectivity index (χ1n) is 14.0. The molecule has 0 saturated heterocycles. The highest BCUT2D eigenvalue weighted by molar-refractivity contribution is 7.93. The van der Waals surface area contributed by atoms with Gasteiger partial charge < -0.3 is 0 Å². The van der Waals surface area contributed by atoms with Crippen molar-refractivity contribution in [3.63, 3.8) is 0 Å². The molecule has 0 aromatic heterocycles. The van der Waals surface area contributed by atoms with Gasteiger partial charge in [0.2, 0.25) is 0 Å². The molecule has 0 N–H and O–H groups in total. The third-order valence-electron chi connectivity index (χ3n) is 9.73. The third kappa shape index (κ3) is 3.45. The summed E-state index contributed by atoms with van der Waals surface area (Å²) >= 11 is 0. The predicted octanol–water partition coefficient (Wildman–Crippen LogP) is 8.58. The summed E-state index contributed by atoms with van der Waals surface area (Å²) in [6, 6.07) is 31.9. The van der Waals surface area contributed by atoms with Crippen LogP contribution in [0.25, 0.3) is 5.57 Å². The molecule has 2 aliphatic rings. The van der Waals surface area contributed by atoms with E-state index in [2.05, 4.69) is 77.9 Å². The van der Waals surface area contributed by atoms with Gasteiger partial charge in [-0.15, -0.1) is 0 Å². The quantitative estimate of drug-likeness (QED) is 0.257. The average Bonchev–Trinajstić information content (AvgIpc) is 3.17. The Bertz CT molecular complexity index is 1760. The van der Waals surface area contributed by atoms with Gasteiger partial charge in [-0.05, 0) is 77.6 Å². The summed E-state index contributed by atoms with van der Waals surface area (Å²) in [5.74, 6) is 0. The van der Waals surface area contributed by atoms with Crippen LogP contribution in [0.15, 0.2) is 108 Å². The van der Waals surface area contributed by atoms with Crippen LogP contribution in [0, 0.1) is 31.6 Å². The minimum Gasteiger partial charge on any atom is -0.246 e. The van der Waals surface area contributed by atoms with E-state index in [9.17, 15) is 0 Å². The third-order valence-corrected chi connectivity index (χ3v) is 11.6. The van der Waals surface area contributed by atoms with Crippen molar-refractivity contribution < 1.29 is 8.42 Å². The first-order valence-corrected chi connectivity index (χ1v) is 15.4. The molecule has 4 heteroatoms. The topological polar surface area (TPSA) is 37.4 Å². The zero-order chi connectivity index (χ0) is 28.7. The second kappa shape index (κ2) is 8.68. The van der Waals surface area contributed by atoms with Crippen molar-refractivity contribution in [1.82, 2.24) is 0 Å². The van der Waals surface area contributed by atoms with Gasteiger partial charge in [0, 0.05) is 5.56 Å². The second-order valence-electron chi connectivity index (χ2n) is 12.5. The molecular weight excluding hydrogens is 510 g/mol. The van der Waals surface area contributed by atoms with Crippen LogP contribution in [0.5, 0.6) is 0 Å². The lowest BCUT2D eigenvalue weighted by Gasteiger charge is -2.42. The fraction of sp³-hybridized carbons (Fsp3) is 0.278. The summed E-state index contributed by atoms with van der Waals surface area (Å²) in [6.07, 6.45) is 0. The number of aryl methyl sites for hydroxylation is 3. The number of para-hydroxylation sites is 1. The molecule has 1 unspecified atom stereocenters. The molecule has 1 fully saturated rings. The molecule has 1 aliphatic heterocycles. The van der Waals surface area contributed by atoms with Gasteiger partial charge in [0.05, 0.1) is 10.6 Å². The first-order chi connectivity index (χ1) is 18.9. The van der Waals surface area contributed by atoms with Crippen molar-refractivity contribution in [1.29, 1.82) is 0 Å². The first kappa shape index (κ1) is 26.6. The molecule has 0 amide bonds. The molecule has 3 nitrogen and oxygen atoms in total. The largest absolute Gasteiger partial charge is 0.265 e. The number of sulfonamides is 1. The molecule has 4 aromatic rings. The number of hydrogen-bond donors (Lipinski definition) is 0. The Morgan fingerprint density at radius 1 is 0.625 bits per heavy atom. The van der Waals surface area contributed by atoms with Crippen LogP contribution in [0.1, 0.15) is 61.1 Å². The van der Waals surface area contributed by atoms with Gasteiger partial charge >= 0.3 is 0 Å². The van der Waals surface area contributed by atoms with Crippen molar-refractivity contribution in [3.05, 3.63) is 136 Å². The Balaban J connectivity index is 1.84. The Morgan fingerprint density at radius 2 is 1.23 bits per heavy atom. The zero-order valence-corrected chi connectivity index (χ0v) is 25.2. The summed E-state index contributed by atoms with van der Waals surface area (Å²) in [4.78, 5) is 0.289. The van der Waals surface area contributed by atoms with Gasteiger partial charge in [-0.2, -0.15) is 0 Å². The highest BCUT2D eigenvalue weighted by atomic mass is 32.2. The maximum Gasteiger partial charge on any atom is 0.265 e. The minimum absolute atomic E-state index is 0.0984. The molecule has 4 aromatic carbocycles. The van der Waals surface area contributed by atoms with Crippen molar-refractivity contribution in [2.24, 2.45) is 10.8 Å². The summed E-state index contributed by atoms with van der Waals surface area (Å²) in [5, 5.41) is 0. The van der Waals surface area contributed by atoms with Crippen LogP contribution in [0.3, 0.4) is 0 Å². The molecule has 0 spiro atoms. The van der Waals surface area contributed by atoms with E-state index in [4.69, 9.17) is 0 Å². The van der Waals surface area contributed by atoms with Gasteiger partial charge in [0.15, 0.2) is 0 Å². The standard InChI is InChI=1S/C36H37NO2S/c1-24-17-21-29(22-18-24)40(38,39)37-31-16-12-11-15-30(31)32(33-34(4,5)35(33,6)7)36(37,27-13-9-8-10-14-27)28-20-19-25(2)26(3)23-28/h8-23H,1-7H3. The molecule has 1 aliphatic carbocycles. The Hall–Kier alpha value is -3.63. The highest BCUT2D eigenvalue weighted by Crippen LogP contribution is 2.74. The number of rotatable bonds is 4. The monoisotopic (exact) mass is 547 g/mol. The van der Waals surface area contributed by atoms with E-state index in [1.165, 1.54) is 11.1 Å². The normalized spacial score (nSPS) is 20.9. The lowest BCUT2D eigenvalue weighted by molar-refractivity contribution is 0.457. The fourth-order valence-electron chi connectivity index (χ4n) is 6.77. The van der Waals surface area contributed by atoms with Gasteiger partial charge in [0.1, 0.15) is 5.54 Å². The molecule has 0 radical (unpaired) electrons. The van der Waals surface area contributed by atoms with Gasteiger partial charge in [-0.25, -0.2) is 12.7 Å². The second-order valence-corrected chi connectivity index (χ2v) is 14.3. The van der Waals surface area contributed by atoms with Crippen molar-refractivity contribution >= 4 is 21.3 Å². The predicted molar refractivity (Wildman–Crippen MR) is 165 cm³/mol. The van der Waals surface area contributed by atoms with E-state index in [1.807, 2.05) is 55.5 Å².